The SMILES string of the molecule is Cc1ccc(Nc2cc(C(=O)O)c(N)cc2F)c(Cl)c1. The molecule has 0 saturated carbocycles. The summed E-state index contributed by atoms with van der Waals surface area (Å²) in [5, 5.41) is 12.2. The molecule has 0 radical (unpaired) electrons. The molecule has 0 spiro atoms. The molecular weight excluding hydrogens is 283 g/mol. The van der Waals surface area contributed by atoms with Crippen molar-refractivity contribution >= 4 is 34.6 Å². The maximum Gasteiger partial charge on any atom is 0.337 e. The molecule has 0 atom stereocenters. The number of carboxylic acid groups (broad SMARTS) is 1. The van der Waals surface area contributed by atoms with Crippen molar-refractivity contribution in [2.75, 3.05) is 11.1 Å². The van der Waals surface area contributed by atoms with Crippen molar-refractivity contribution in [3.05, 3.63) is 52.3 Å². The van der Waals surface area contributed by atoms with Crippen LogP contribution in [0, 0.1) is 12.7 Å². The van der Waals surface area contributed by atoms with E-state index in [4.69, 9.17) is 22.4 Å². The number of nitrogens with two attached hydrogens (primary N) is 1. The van der Waals surface area contributed by atoms with Crippen molar-refractivity contribution in [1.29, 1.82) is 0 Å². The lowest BCUT2D eigenvalue weighted by Gasteiger charge is -2.12. The molecule has 104 valence electrons. The zero-order valence-corrected chi connectivity index (χ0v) is 11.3. The number of hydrogen-bond acceptors (Lipinski definition) is 3. The highest BCUT2D eigenvalue weighted by Crippen LogP contribution is 2.29. The molecule has 0 aliphatic carbocycles. The average Bonchev–Trinajstić information content (AvgIpc) is 2.35. The van der Waals surface area contributed by atoms with E-state index in [-0.39, 0.29) is 16.9 Å². The molecular formula is C14H12ClFN2O2. The molecule has 0 aromatic heterocycles. The second-order valence-corrected chi connectivity index (χ2v) is 4.74. The first-order valence-corrected chi connectivity index (χ1v) is 6.12. The Morgan fingerprint density at radius 3 is 2.60 bits per heavy atom. The Hall–Kier alpha value is -2.27. The third kappa shape index (κ3) is 2.83. The number of anilines is 3. The number of hydrogen-bond donors (Lipinski definition) is 3. The summed E-state index contributed by atoms with van der Waals surface area (Å²) in [7, 11) is 0. The molecule has 6 heteroatoms. The van der Waals surface area contributed by atoms with Gasteiger partial charge in [-0.1, -0.05) is 17.7 Å². The first-order valence-electron chi connectivity index (χ1n) is 5.74. The summed E-state index contributed by atoms with van der Waals surface area (Å²) < 4.78 is 13.8. The first kappa shape index (κ1) is 14.1. The molecule has 0 aliphatic heterocycles. The standard InChI is InChI=1S/C14H12ClFN2O2/c1-7-2-3-12(9(15)4-7)18-13-5-8(14(19)20)11(17)6-10(13)16/h2-6,18H,17H2,1H3,(H,19,20). The third-order valence-electron chi connectivity index (χ3n) is 2.76. The Morgan fingerprint density at radius 1 is 1.30 bits per heavy atom. The number of benzene rings is 2. The van der Waals surface area contributed by atoms with Crippen molar-refractivity contribution in [2.24, 2.45) is 0 Å². The van der Waals surface area contributed by atoms with Crippen molar-refractivity contribution in [3.63, 3.8) is 0 Å². The monoisotopic (exact) mass is 294 g/mol. The number of nitrogen functional groups attached to an aromatic ring is 1. The molecule has 0 saturated heterocycles. The van der Waals surface area contributed by atoms with Crippen LogP contribution in [0.5, 0.6) is 0 Å². The summed E-state index contributed by atoms with van der Waals surface area (Å²) in [6.45, 7) is 1.88. The summed E-state index contributed by atoms with van der Waals surface area (Å²) in [5.74, 6) is -1.87. The molecule has 0 fully saturated rings. The number of nitrogens with one attached hydrogen (secondary N) is 1. The molecule has 4 N–H and O–H groups in total. The number of carbonyl (C=O) groups is 1. The highest BCUT2D eigenvalue weighted by Gasteiger charge is 2.14. The minimum atomic E-state index is -1.22. The van der Waals surface area contributed by atoms with E-state index in [0.29, 0.717) is 10.7 Å². The Balaban J connectivity index is 2.43. The van der Waals surface area contributed by atoms with Gasteiger partial charge in [0, 0.05) is 5.69 Å². The van der Waals surface area contributed by atoms with Crippen LogP contribution in [0.25, 0.3) is 0 Å². The summed E-state index contributed by atoms with van der Waals surface area (Å²) in [4.78, 5) is 11.0. The van der Waals surface area contributed by atoms with Gasteiger partial charge in [-0.2, -0.15) is 0 Å². The number of carboxylic acids is 1. The molecule has 0 heterocycles. The van der Waals surface area contributed by atoms with Crippen LogP contribution in [-0.2, 0) is 0 Å². The van der Waals surface area contributed by atoms with Crippen LogP contribution in [0.3, 0.4) is 0 Å². The minimum absolute atomic E-state index is 0.00218. The van der Waals surface area contributed by atoms with E-state index in [1.807, 2.05) is 13.0 Å². The maximum absolute atomic E-state index is 13.8. The van der Waals surface area contributed by atoms with Gasteiger partial charge in [0.1, 0.15) is 5.82 Å². The highest BCUT2D eigenvalue weighted by atomic mass is 35.5. The molecule has 0 aliphatic rings. The lowest BCUT2D eigenvalue weighted by molar-refractivity contribution is 0.0698. The van der Waals surface area contributed by atoms with Gasteiger partial charge >= 0.3 is 5.97 Å². The van der Waals surface area contributed by atoms with Gasteiger partial charge in [-0.05, 0) is 36.8 Å². The van der Waals surface area contributed by atoms with E-state index < -0.39 is 11.8 Å². The second kappa shape index (κ2) is 5.38. The number of rotatable bonds is 3. The largest absolute Gasteiger partial charge is 0.478 e. The van der Waals surface area contributed by atoms with Gasteiger partial charge in [0.15, 0.2) is 0 Å². The van der Waals surface area contributed by atoms with Crippen molar-refractivity contribution in [3.8, 4) is 0 Å². The molecule has 2 aromatic rings. The smallest absolute Gasteiger partial charge is 0.337 e. The van der Waals surface area contributed by atoms with Gasteiger partial charge in [-0.25, -0.2) is 9.18 Å². The van der Waals surface area contributed by atoms with Gasteiger partial charge in [0.05, 0.1) is 22.0 Å². The van der Waals surface area contributed by atoms with E-state index in [9.17, 15) is 9.18 Å². The Labute approximate surface area is 120 Å². The molecule has 0 unspecified atom stereocenters. The van der Waals surface area contributed by atoms with E-state index in [1.165, 1.54) is 0 Å². The quantitative estimate of drug-likeness (QED) is 0.752. The predicted octanol–water partition coefficient (Wildman–Crippen LogP) is 3.81. The van der Waals surface area contributed by atoms with Crippen molar-refractivity contribution in [2.45, 2.75) is 6.92 Å². The van der Waals surface area contributed by atoms with Crippen LogP contribution in [0.15, 0.2) is 30.3 Å². The molecule has 2 rings (SSSR count). The molecule has 4 nitrogen and oxygen atoms in total. The van der Waals surface area contributed by atoms with Crippen molar-refractivity contribution in [1.82, 2.24) is 0 Å². The van der Waals surface area contributed by atoms with Gasteiger partial charge in [-0.15, -0.1) is 0 Å². The number of halogens is 2. The summed E-state index contributed by atoms with van der Waals surface area (Å²) in [6.07, 6.45) is 0. The highest BCUT2D eigenvalue weighted by molar-refractivity contribution is 6.33. The lowest BCUT2D eigenvalue weighted by Crippen LogP contribution is -2.05. The molecule has 20 heavy (non-hydrogen) atoms. The lowest BCUT2D eigenvalue weighted by atomic mass is 10.1. The van der Waals surface area contributed by atoms with Gasteiger partial charge < -0.3 is 16.2 Å². The number of aromatic carboxylic acids is 1. The van der Waals surface area contributed by atoms with E-state index in [2.05, 4.69) is 5.32 Å². The zero-order valence-electron chi connectivity index (χ0n) is 10.6. The van der Waals surface area contributed by atoms with Crippen LogP contribution in [0.1, 0.15) is 15.9 Å². The molecule has 0 amide bonds. The van der Waals surface area contributed by atoms with Crippen LogP contribution < -0.4 is 11.1 Å². The summed E-state index contributed by atoms with van der Waals surface area (Å²) in [6, 6.07) is 7.32. The average molecular weight is 295 g/mol. The molecule has 2 aromatic carbocycles. The Bertz CT molecular complexity index is 689. The van der Waals surface area contributed by atoms with E-state index in [1.54, 1.807) is 12.1 Å². The summed E-state index contributed by atoms with van der Waals surface area (Å²) >= 11 is 6.04. The van der Waals surface area contributed by atoms with Gasteiger partial charge in [0.25, 0.3) is 0 Å². The molecule has 0 bridgehead atoms. The summed E-state index contributed by atoms with van der Waals surface area (Å²) in [5.41, 5.74) is 6.61. The maximum atomic E-state index is 13.8. The van der Waals surface area contributed by atoms with Crippen LogP contribution >= 0.6 is 11.6 Å². The number of aryl methyl sites for hydroxylation is 1. The van der Waals surface area contributed by atoms with E-state index >= 15 is 0 Å². The predicted molar refractivity (Wildman–Crippen MR) is 77.2 cm³/mol. The van der Waals surface area contributed by atoms with Crippen molar-refractivity contribution < 1.29 is 14.3 Å². The zero-order chi connectivity index (χ0) is 14.9. The van der Waals surface area contributed by atoms with Gasteiger partial charge in [-0.3, -0.25) is 0 Å². The fourth-order valence-corrected chi connectivity index (χ4v) is 2.02. The minimum Gasteiger partial charge on any atom is -0.478 e. The van der Waals surface area contributed by atoms with Gasteiger partial charge in [0.2, 0.25) is 0 Å². The Kier molecular flexibility index (Phi) is 3.81. The van der Waals surface area contributed by atoms with Crippen LogP contribution in [0.4, 0.5) is 21.5 Å². The Morgan fingerprint density at radius 2 is 2.00 bits per heavy atom. The van der Waals surface area contributed by atoms with Crippen LogP contribution in [0.2, 0.25) is 5.02 Å². The third-order valence-corrected chi connectivity index (χ3v) is 3.08. The van der Waals surface area contributed by atoms with E-state index in [0.717, 1.165) is 17.7 Å². The topological polar surface area (TPSA) is 75.3 Å². The fraction of sp³-hybridized carbons (Fsp3) is 0.0714. The fourth-order valence-electron chi connectivity index (χ4n) is 1.74. The van der Waals surface area contributed by atoms with Crippen LogP contribution in [-0.4, -0.2) is 11.1 Å². The first-order chi connectivity index (χ1) is 9.38. The second-order valence-electron chi connectivity index (χ2n) is 4.33. The normalized spacial score (nSPS) is 10.3.